The molecule has 17 heavy (non-hydrogen) atoms. The molecule has 0 radical (unpaired) electrons. The second-order valence-corrected chi connectivity index (χ2v) is 5.86. The molecule has 0 saturated heterocycles. The number of thioether (sulfide) groups is 1. The minimum Gasteiger partial charge on any atom is -0.495 e. The van der Waals surface area contributed by atoms with Crippen LogP contribution in [0.2, 0.25) is 10.0 Å². The minimum atomic E-state index is 0.0250. The highest BCUT2D eigenvalue weighted by molar-refractivity contribution is 8.00. The van der Waals surface area contributed by atoms with E-state index in [2.05, 4.69) is 0 Å². The zero-order chi connectivity index (χ0) is 12.4. The fraction of sp³-hybridized carbons (Fsp3) is 0.417. The van der Waals surface area contributed by atoms with E-state index in [1.807, 2.05) is 6.07 Å². The number of rotatable bonds is 3. The average Bonchev–Trinajstić information content (AvgIpc) is 2.71. The Kier molecular flexibility index (Phi) is 4.23. The van der Waals surface area contributed by atoms with Gasteiger partial charge >= 0.3 is 0 Å². The first-order valence-electron chi connectivity index (χ1n) is 5.35. The third-order valence-electron chi connectivity index (χ3n) is 2.75. The van der Waals surface area contributed by atoms with Crippen molar-refractivity contribution in [1.29, 1.82) is 0 Å². The highest BCUT2D eigenvalue weighted by atomic mass is 35.5. The standard InChI is InChI=1S/C12H12Cl2O2S/c1-16-8-5-6-10(12(14)11(8)13)17-9-4-2-3-7(9)15/h5-6,9H,2-4H2,1H3. The lowest BCUT2D eigenvalue weighted by atomic mass is 10.3. The van der Waals surface area contributed by atoms with E-state index in [-0.39, 0.29) is 5.25 Å². The maximum Gasteiger partial charge on any atom is 0.146 e. The predicted molar refractivity (Wildman–Crippen MR) is 71.5 cm³/mol. The van der Waals surface area contributed by atoms with E-state index in [4.69, 9.17) is 27.9 Å². The Labute approximate surface area is 115 Å². The van der Waals surface area contributed by atoms with Crippen LogP contribution in [-0.4, -0.2) is 18.1 Å². The number of Topliss-reactive ketones (excluding diaryl/α,β-unsaturated/α-hetero) is 1. The third kappa shape index (κ3) is 2.72. The number of ketones is 1. The first-order valence-corrected chi connectivity index (χ1v) is 6.98. The Morgan fingerprint density at radius 2 is 2.12 bits per heavy atom. The molecule has 0 spiro atoms. The summed E-state index contributed by atoms with van der Waals surface area (Å²) in [6.07, 6.45) is 2.57. The highest BCUT2D eigenvalue weighted by Crippen LogP contribution is 2.42. The van der Waals surface area contributed by atoms with Crippen molar-refractivity contribution in [2.75, 3.05) is 7.11 Å². The summed E-state index contributed by atoms with van der Waals surface area (Å²) < 4.78 is 5.08. The van der Waals surface area contributed by atoms with E-state index in [0.29, 0.717) is 28.0 Å². The first kappa shape index (κ1) is 13.1. The zero-order valence-corrected chi connectivity index (χ0v) is 11.7. The summed E-state index contributed by atoms with van der Waals surface area (Å²) >= 11 is 13.7. The minimum absolute atomic E-state index is 0.0250. The van der Waals surface area contributed by atoms with Gasteiger partial charge < -0.3 is 4.74 Å². The summed E-state index contributed by atoms with van der Waals surface area (Å²) in [5.74, 6) is 0.858. The van der Waals surface area contributed by atoms with E-state index >= 15 is 0 Å². The van der Waals surface area contributed by atoms with Gasteiger partial charge in [0.1, 0.15) is 16.6 Å². The second-order valence-electron chi connectivity index (χ2n) is 3.86. The van der Waals surface area contributed by atoms with Crippen molar-refractivity contribution < 1.29 is 9.53 Å². The Hall–Kier alpha value is -0.380. The number of ether oxygens (including phenoxy) is 1. The molecule has 0 heterocycles. The highest BCUT2D eigenvalue weighted by Gasteiger charge is 2.26. The monoisotopic (exact) mass is 290 g/mol. The number of carbonyl (C=O) groups is 1. The van der Waals surface area contributed by atoms with Crippen LogP contribution in [0.15, 0.2) is 17.0 Å². The molecule has 2 rings (SSSR count). The molecule has 0 N–H and O–H groups in total. The van der Waals surface area contributed by atoms with Crippen molar-refractivity contribution in [3.8, 4) is 5.75 Å². The van der Waals surface area contributed by atoms with Crippen molar-refractivity contribution in [2.24, 2.45) is 0 Å². The van der Waals surface area contributed by atoms with Gasteiger partial charge in [0, 0.05) is 11.3 Å². The van der Waals surface area contributed by atoms with Crippen LogP contribution in [0.25, 0.3) is 0 Å². The van der Waals surface area contributed by atoms with Gasteiger partial charge in [-0.25, -0.2) is 0 Å². The van der Waals surface area contributed by atoms with Gasteiger partial charge in [0.05, 0.1) is 17.4 Å². The van der Waals surface area contributed by atoms with Crippen LogP contribution in [0.4, 0.5) is 0 Å². The van der Waals surface area contributed by atoms with E-state index in [1.165, 1.54) is 11.8 Å². The Bertz CT molecular complexity index is 448. The van der Waals surface area contributed by atoms with Crippen LogP contribution in [0.3, 0.4) is 0 Å². The Morgan fingerprint density at radius 1 is 1.35 bits per heavy atom. The maximum atomic E-state index is 11.6. The second kappa shape index (κ2) is 5.51. The molecule has 1 saturated carbocycles. The lowest BCUT2D eigenvalue weighted by molar-refractivity contribution is -0.116. The molecular formula is C12H12Cl2O2S. The molecule has 1 aliphatic carbocycles. The molecule has 1 aromatic rings. The number of hydrogen-bond donors (Lipinski definition) is 0. The molecular weight excluding hydrogens is 279 g/mol. The average molecular weight is 291 g/mol. The molecule has 0 amide bonds. The normalized spacial score (nSPS) is 19.7. The van der Waals surface area contributed by atoms with Gasteiger partial charge in [0.2, 0.25) is 0 Å². The predicted octanol–water partition coefficient (Wildman–Crippen LogP) is 4.22. The molecule has 1 unspecified atom stereocenters. The lowest BCUT2D eigenvalue weighted by Crippen LogP contribution is -2.07. The van der Waals surface area contributed by atoms with E-state index in [9.17, 15) is 4.79 Å². The van der Waals surface area contributed by atoms with Crippen molar-refractivity contribution in [1.82, 2.24) is 0 Å². The van der Waals surface area contributed by atoms with Gasteiger partial charge in [-0.3, -0.25) is 4.79 Å². The van der Waals surface area contributed by atoms with Crippen LogP contribution >= 0.6 is 35.0 Å². The largest absolute Gasteiger partial charge is 0.495 e. The maximum absolute atomic E-state index is 11.6. The van der Waals surface area contributed by atoms with Crippen LogP contribution in [0, 0.1) is 0 Å². The number of benzene rings is 1. The van der Waals surface area contributed by atoms with Gasteiger partial charge in [-0.2, -0.15) is 0 Å². The first-order chi connectivity index (χ1) is 8.13. The molecule has 92 valence electrons. The smallest absolute Gasteiger partial charge is 0.146 e. The van der Waals surface area contributed by atoms with Gasteiger partial charge in [0.25, 0.3) is 0 Å². The quantitative estimate of drug-likeness (QED) is 0.834. The SMILES string of the molecule is COc1ccc(SC2CCCC2=O)c(Cl)c1Cl. The molecule has 2 nitrogen and oxygen atoms in total. The Morgan fingerprint density at radius 3 is 2.71 bits per heavy atom. The van der Waals surface area contributed by atoms with Gasteiger partial charge in [-0.1, -0.05) is 23.2 Å². The van der Waals surface area contributed by atoms with Crippen molar-refractivity contribution in [3.63, 3.8) is 0 Å². The summed E-state index contributed by atoms with van der Waals surface area (Å²) in [5, 5.41) is 0.900. The number of carbonyl (C=O) groups excluding carboxylic acids is 1. The topological polar surface area (TPSA) is 26.3 Å². The van der Waals surface area contributed by atoms with E-state index < -0.39 is 0 Å². The van der Waals surface area contributed by atoms with Crippen molar-refractivity contribution >= 4 is 40.7 Å². The van der Waals surface area contributed by atoms with Gasteiger partial charge in [0.15, 0.2) is 0 Å². The van der Waals surface area contributed by atoms with Gasteiger partial charge in [-0.15, -0.1) is 11.8 Å². The number of halogens is 2. The molecule has 0 bridgehead atoms. The summed E-state index contributed by atoms with van der Waals surface area (Å²) in [7, 11) is 1.55. The fourth-order valence-corrected chi connectivity index (χ4v) is 3.60. The lowest BCUT2D eigenvalue weighted by Gasteiger charge is -2.12. The van der Waals surface area contributed by atoms with E-state index in [1.54, 1.807) is 13.2 Å². The summed E-state index contributed by atoms with van der Waals surface area (Å²) in [6, 6.07) is 3.62. The third-order valence-corrected chi connectivity index (χ3v) is 5.10. The molecule has 5 heteroatoms. The van der Waals surface area contributed by atoms with Crippen LogP contribution in [0.5, 0.6) is 5.75 Å². The van der Waals surface area contributed by atoms with Crippen molar-refractivity contribution in [3.05, 3.63) is 22.2 Å². The van der Waals surface area contributed by atoms with Crippen LogP contribution < -0.4 is 4.74 Å². The van der Waals surface area contributed by atoms with Crippen LogP contribution in [-0.2, 0) is 4.79 Å². The summed E-state index contributed by atoms with van der Waals surface area (Å²) in [6.45, 7) is 0. The summed E-state index contributed by atoms with van der Waals surface area (Å²) in [4.78, 5) is 12.4. The Balaban J connectivity index is 2.22. The van der Waals surface area contributed by atoms with Gasteiger partial charge in [-0.05, 0) is 25.0 Å². The number of methoxy groups -OCH3 is 1. The van der Waals surface area contributed by atoms with Crippen LogP contribution in [0.1, 0.15) is 19.3 Å². The molecule has 1 fully saturated rings. The molecule has 1 atom stereocenters. The molecule has 0 aliphatic heterocycles. The number of hydrogen-bond acceptors (Lipinski definition) is 3. The molecule has 1 aliphatic rings. The summed E-state index contributed by atoms with van der Waals surface area (Å²) in [5.41, 5.74) is 0. The zero-order valence-electron chi connectivity index (χ0n) is 9.33. The molecule has 0 aromatic heterocycles. The van der Waals surface area contributed by atoms with Crippen molar-refractivity contribution in [2.45, 2.75) is 29.4 Å². The fourth-order valence-electron chi connectivity index (χ4n) is 1.82. The van der Waals surface area contributed by atoms with E-state index in [0.717, 1.165) is 17.7 Å². The molecule has 1 aromatic carbocycles.